The van der Waals surface area contributed by atoms with E-state index in [1.54, 1.807) is 0 Å². The lowest BCUT2D eigenvalue weighted by molar-refractivity contribution is 0.0868. The summed E-state index contributed by atoms with van der Waals surface area (Å²) in [7, 11) is 0. The first-order chi connectivity index (χ1) is 7.76. The fraction of sp³-hybridized carbons (Fsp3) is 0.364. The maximum absolute atomic E-state index is 12.9. The van der Waals surface area contributed by atoms with Gasteiger partial charge in [-0.2, -0.15) is 0 Å². The van der Waals surface area contributed by atoms with Gasteiger partial charge < -0.3 is 10.4 Å². The van der Waals surface area contributed by atoms with Crippen molar-refractivity contribution >= 4 is 5.91 Å². The zero-order valence-corrected chi connectivity index (χ0v) is 9.35. The van der Waals surface area contributed by atoms with Crippen molar-refractivity contribution in [2.75, 3.05) is 6.61 Å². The van der Waals surface area contributed by atoms with Crippen LogP contribution in [0.1, 0.15) is 24.2 Å². The van der Waals surface area contributed by atoms with Gasteiger partial charge in [0, 0.05) is 5.56 Å². The molecular formula is C11H12F3NO2. The molecular weight excluding hydrogens is 235 g/mol. The number of halogens is 3. The van der Waals surface area contributed by atoms with Crippen molar-refractivity contribution in [3.8, 4) is 0 Å². The highest BCUT2D eigenvalue weighted by molar-refractivity contribution is 5.94. The van der Waals surface area contributed by atoms with E-state index in [0.717, 1.165) is 0 Å². The average Bonchev–Trinajstić information content (AvgIpc) is 2.24. The van der Waals surface area contributed by atoms with E-state index in [-0.39, 0.29) is 12.2 Å². The van der Waals surface area contributed by atoms with E-state index in [2.05, 4.69) is 5.32 Å². The Morgan fingerprint density at radius 1 is 1.29 bits per heavy atom. The zero-order chi connectivity index (χ0) is 13.2. The molecule has 0 unspecified atom stereocenters. The summed E-state index contributed by atoms with van der Waals surface area (Å²) in [6.07, 6.45) is 0. The molecule has 0 bridgehead atoms. The van der Waals surface area contributed by atoms with E-state index in [1.807, 2.05) is 0 Å². The summed E-state index contributed by atoms with van der Waals surface area (Å²) in [5.41, 5.74) is -1.28. The van der Waals surface area contributed by atoms with Crippen molar-refractivity contribution in [1.29, 1.82) is 0 Å². The first kappa shape index (κ1) is 13.5. The predicted octanol–water partition coefficient (Wildman–Crippen LogP) is 1.60. The highest BCUT2D eigenvalue weighted by atomic mass is 19.2. The molecule has 0 aliphatic carbocycles. The van der Waals surface area contributed by atoms with Crippen molar-refractivity contribution in [2.45, 2.75) is 19.4 Å². The second-order valence-corrected chi connectivity index (χ2v) is 4.25. The van der Waals surface area contributed by atoms with Crippen molar-refractivity contribution in [2.24, 2.45) is 0 Å². The second kappa shape index (κ2) is 4.75. The smallest absolute Gasteiger partial charge is 0.251 e. The summed E-state index contributed by atoms with van der Waals surface area (Å²) >= 11 is 0. The van der Waals surface area contributed by atoms with Crippen molar-refractivity contribution in [3.63, 3.8) is 0 Å². The van der Waals surface area contributed by atoms with Gasteiger partial charge in [-0.15, -0.1) is 0 Å². The topological polar surface area (TPSA) is 49.3 Å². The largest absolute Gasteiger partial charge is 0.394 e. The Morgan fingerprint density at radius 3 is 2.18 bits per heavy atom. The van der Waals surface area contributed by atoms with Gasteiger partial charge in [-0.05, 0) is 26.0 Å². The maximum atomic E-state index is 12.9. The Balaban J connectivity index is 2.98. The Labute approximate surface area is 96.3 Å². The van der Waals surface area contributed by atoms with Crippen LogP contribution in [0.25, 0.3) is 0 Å². The molecule has 0 aromatic heterocycles. The Kier molecular flexibility index (Phi) is 3.77. The van der Waals surface area contributed by atoms with Crippen molar-refractivity contribution < 1.29 is 23.1 Å². The average molecular weight is 247 g/mol. The van der Waals surface area contributed by atoms with E-state index in [9.17, 15) is 18.0 Å². The third-order valence-corrected chi connectivity index (χ3v) is 2.09. The molecule has 1 aromatic carbocycles. The van der Waals surface area contributed by atoms with Crippen molar-refractivity contribution in [1.82, 2.24) is 5.32 Å². The summed E-state index contributed by atoms with van der Waals surface area (Å²) in [5.74, 6) is -5.28. The summed E-state index contributed by atoms with van der Waals surface area (Å²) in [5, 5.41) is 11.3. The number of aliphatic hydroxyl groups excluding tert-OH is 1. The Morgan fingerprint density at radius 2 is 1.76 bits per heavy atom. The zero-order valence-electron chi connectivity index (χ0n) is 9.35. The molecule has 6 heteroatoms. The number of carbonyl (C=O) groups excluding carboxylic acids is 1. The van der Waals surface area contributed by atoms with Gasteiger partial charge in [0.05, 0.1) is 12.1 Å². The normalized spacial score (nSPS) is 11.4. The van der Waals surface area contributed by atoms with Crippen LogP contribution < -0.4 is 5.32 Å². The van der Waals surface area contributed by atoms with Gasteiger partial charge in [0.1, 0.15) is 0 Å². The number of nitrogens with one attached hydrogen (secondary N) is 1. The summed E-state index contributed by atoms with van der Waals surface area (Å²) < 4.78 is 38.4. The molecule has 2 N–H and O–H groups in total. The fourth-order valence-electron chi connectivity index (χ4n) is 1.11. The number of amides is 1. The summed E-state index contributed by atoms with van der Waals surface area (Å²) in [6, 6.07) is 1.20. The molecule has 0 aliphatic rings. The Hall–Kier alpha value is -1.56. The number of aliphatic hydroxyl groups is 1. The molecule has 3 nitrogen and oxygen atoms in total. The van der Waals surface area contributed by atoms with E-state index in [0.29, 0.717) is 12.1 Å². The molecule has 1 aromatic rings. The molecule has 0 radical (unpaired) electrons. The highest BCUT2D eigenvalue weighted by Gasteiger charge is 2.22. The third kappa shape index (κ3) is 3.20. The first-order valence-corrected chi connectivity index (χ1v) is 4.85. The van der Waals surface area contributed by atoms with Crippen LogP contribution in [0.5, 0.6) is 0 Å². The van der Waals surface area contributed by atoms with E-state index < -0.39 is 28.9 Å². The number of rotatable bonds is 3. The van der Waals surface area contributed by atoms with Crippen LogP contribution in [0.3, 0.4) is 0 Å². The van der Waals surface area contributed by atoms with E-state index in [4.69, 9.17) is 5.11 Å². The van der Waals surface area contributed by atoms with Crippen molar-refractivity contribution in [3.05, 3.63) is 35.1 Å². The molecule has 17 heavy (non-hydrogen) atoms. The quantitative estimate of drug-likeness (QED) is 0.797. The standard InChI is InChI=1S/C11H12F3NO2/c1-11(2,5-16)15-10(17)6-3-7(12)9(14)8(13)4-6/h3-4,16H,5H2,1-2H3,(H,15,17). The number of carbonyl (C=O) groups is 1. The lowest BCUT2D eigenvalue weighted by atomic mass is 10.1. The number of hydrogen-bond donors (Lipinski definition) is 2. The van der Waals surface area contributed by atoms with Gasteiger partial charge in [0.25, 0.3) is 5.91 Å². The van der Waals surface area contributed by atoms with Crippen LogP contribution in [-0.2, 0) is 0 Å². The van der Waals surface area contributed by atoms with Gasteiger partial charge in [-0.3, -0.25) is 4.79 Å². The van der Waals surface area contributed by atoms with Gasteiger partial charge >= 0.3 is 0 Å². The lowest BCUT2D eigenvalue weighted by Gasteiger charge is -2.23. The summed E-state index contributed by atoms with van der Waals surface area (Å²) in [6.45, 7) is 2.72. The third-order valence-electron chi connectivity index (χ3n) is 2.09. The number of benzene rings is 1. The van der Waals surface area contributed by atoms with Crippen LogP contribution in [0.2, 0.25) is 0 Å². The molecule has 0 heterocycles. The lowest BCUT2D eigenvalue weighted by Crippen LogP contribution is -2.46. The van der Waals surface area contributed by atoms with Crippen LogP contribution in [-0.4, -0.2) is 23.2 Å². The predicted molar refractivity (Wildman–Crippen MR) is 54.9 cm³/mol. The van der Waals surface area contributed by atoms with Crippen LogP contribution in [0.4, 0.5) is 13.2 Å². The molecule has 0 spiro atoms. The Bertz CT molecular complexity index is 423. The van der Waals surface area contributed by atoms with E-state index in [1.165, 1.54) is 13.8 Å². The van der Waals surface area contributed by atoms with Crippen LogP contribution in [0.15, 0.2) is 12.1 Å². The minimum Gasteiger partial charge on any atom is -0.394 e. The minimum absolute atomic E-state index is 0.342. The highest BCUT2D eigenvalue weighted by Crippen LogP contribution is 2.14. The number of hydrogen-bond acceptors (Lipinski definition) is 2. The molecule has 94 valence electrons. The molecule has 0 atom stereocenters. The monoisotopic (exact) mass is 247 g/mol. The molecule has 0 fully saturated rings. The summed E-state index contributed by atoms with van der Waals surface area (Å²) in [4.78, 5) is 11.6. The van der Waals surface area contributed by atoms with E-state index >= 15 is 0 Å². The molecule has 0 aliphatic heterocycles. The van der Waals surface area contributed by atoms with Gasteiger partial charge in [0.2, 0.25) is 0 Å². The first-order valence-electron chi connectivity index (χ1n) is 4.85. The minimum atomic E-state index is -1.62. The van der Waals surface area contributed by atoms with Gasteiger partial charge in [-0.25, -0.2) is 13.2 Å². The maximum Gasteiger partial charge on any atom is 0.251 e. The molecule has 1 amide bonds. The molecule has 0 saturated heterocycles. The molecule has 1 rings (SSSR count). The van der Waals surface area contributed by atoms with Crippen LogP contribution in [0, 0.1) is 17.5 Å². The SMILES string of the molecule is CC(C)(CO)NC(=O)c1cc(F)c(F)c(F)c1. The van der Waals surface area contributed by atoms with Gasteiger partial charge in [0.15, 0.2) is 17.5 Å². The van der Waals surface area contributed by atoms with Crippen LogP contribution >= 0.6 is 0 Å². The fourth-order valence-corrected chi connectivity index (χ4v) is 1.11. The van der Waals surface area contributed by atoms with Gasteiger partial charge in [-0.1, -0.05) is 0 Å². The molecule has 0 saturated carbocycles. The second-order valence-electron chi connectivity index (χ2n) is 4.25.